The van der Waals surface area contributed by atoms with Gasteiger partial charge in [0.2, 0.25) is 0 Å². The van der Waals surface area contributed by atoms with Gasteiger partial charge in [-0.15, -0.1) is 0 Å². The Morgan fingerprint density at radius 1 is 1.35 bits per heavy atom. The van der Waals surface area contributed by atoms with E-state index in [4.69, 9.17) is 6.57 Å². The number of benzene rings is 1. The van der Waals surface area contributed by atoms with Gasteiger partial charge in [-0.05, 0) is 38.2 Å². The van der Waals surface area contributed by atoms with Crippen molar-refractivity contribution in [1.29, 1.82) is 0 Å². The van der Waals surface area contributed by atoms with Crippen molar-refractivity contribution in [1.82, 2.24) is 5.32 Å². The van der Waals surface area contributed by atoms with Gasteiger partial charge in [0.15, 0.2) is 0 Å². The van der Waals surface area contributed by atoms with Gasteiger partial charge in [0.25, 0.3) is 6.17 Å². The van der Waals surface area contributed by atoms with Crippen molar-refractivity contribution >= 4 is 0 Å². The van der Waals surface area contributed by atoms with E-state index in [9.17, 15) is 0 Å². The molecule has 0 spiro atoms. The molecule has 2 nitrogen and oxygen atoms in total. The van der Waals surface area contributed by atoms with Crippen LogP contribution in [0.4, 0.5) is 0 Å². The van der Waals surface area contributed by atoms with E-state index >= 15 is 0 Å². The zero-order valence-corrected chi connectivity index (χ0v) is 10.4. The van der Waals surface area contributed by atoms with Crippen LogP contribution < -0.4 is 5.32 Å². The van der Waals surface area contributed by atoms with Crippen molar-refractivity contribution in [2.45, 2.75) is 44.8 Å². The monoisotopic (exact) mass is 228 g/mol. The molecule has 0 radical (unpaired) electrons. The van der Waals surface area contributed by atoms with Crippen LogP contribution >= 0.6 is 0 Å². The summed E-state index contributed by atoms with van der Waals surface area (Å²) in [5, 5.41) is 3.35. The number of rotatable bonds is 4. The van der Waals surface area contributed by atoms with Crippen molar-refractivity contribution < 1.29 is 0 Å². The second kappa shape index (κ2) is 5.84. The number of hydrogen-bond donors (Lipinski definition) is 1. The van der Waals surface area contributed by atoms with Crippen LogP contribution in [0.2, 0.25) is 0 Å². The van der Waals surface area contributed by atoms with E-state index in [-0.39, 0.29) is 6.17 Å². The molecule has 0 bridgehead atoms. The Balaban J connectivity index is 1.77. The van der Waals surface area contributed by atoms with E-state index in [0.29, 0.717) is 12.0 Å². The molecule has 90 valence electrons. The molecule has 1 fully saturated rings. The number of hydrogen-bond acceptors (Lipinski definition) is 1. The second-order valence-electron chi connectivity index (χ2n) is 5.02. The molecule has 1 aromatic rings. The highest BCUT2D eigenvalue weighted by Gasteiger charge is 2.35. The quantitative estimate of drug-likeness (QED) is 0.782. The first-order chi connectivity index (χ1) is 8.29. The molecule has 0 aliphatic carbocycles. The van der Waals surface area contributed by atoms with Gasteiger partial charge in [0.05, 0.1) is 5.92 Å². The lowest BCUT2D eigenvalue weighted by molar-refractivity contribution is 0.455. The molecule has 2 rings (SSSR count). The Kier molecular flexibility index (Phi) is 4.17. The fourth-order valence-corrected chi connectivity index (χ4v) is 2.71. The number of nitrogens with zero attached hydrogens (tertiary/aromatic N) is 1. The molecule has 1 heterocycles. The average Bonchev–Trinajstić information content (AvgIpc) is 2.71. The molecule has 2 heteroatoms. The lowest BCUT2D eigenvalue weighted by Crippen LogP contribution is -2.26. The number of nitrogens with one attached hydrogen (secondary N) is 1. The summed E-state index contributed by atoms with van der Waals surface area (Å²) in [5.74, 6) is 0.547. The van der Waals surface area contributed by atoms with Gasteiger partial charge < -0.3 is 0 Å². The summed E-state index contributed by atoms with van der Waals surface area (Å²) in [6.45, 7) is 9.36. The van der Waals surface area contributed by atoms with Crippen molar-refractivity contribution in [3.05, 3.63) is 47.3 Å². The van der Waals surface area contributed by atoms with Crippen LogP contribution in [-0.4, -0.2) is 12.2 Å². The van der Waals surface area contributed by atoms with E-state index in [0.717, 1.165) is 12.8 Å². The third kappa shape index (κ3) is 3.31. The molecule has 1 aliphatic rings. The summed E-state index contributed by atoms with van der Waals surface area (Å²) >= 11 is 0. The first-order valence-corrected chi connectivity index (χ1v) is 6.46. The van der Waals surface area contributed by atoms with Crippen LogP contribution in [-0.2, 0) is 6.42 Å². The Hall–Kier alpha value is -1.33. The first-order valence-electron chi connectivity index (χ1n) is 6.46. The Morgan fingerprint density at radius 3 is 2.82 bits per heavy atom. The first kappa shape index (κ1) is 12.1. The fourth-order valence-electron chi connectivity index (χ4n) is 2.71. The third-order valence-electron chi connectivity index (χ3n) is 3.58. The maximum absolute atomic E-state index is 7.18. The second-order valence-corrected chi connectivity index (χ2v) is 5.02. The van der Waals surface area contributed by atoms with Crippen LogP contribution in [0.25, 0.3) is 4.85 Å². The normalized spacial score (nSPS) is 27.9. The predicted octanol–water partition coefficient (Wildman–Crippen LogP) is 3.25. The topological polar surface area (TPSA) is 16.4 Å². The van der Waals surface area contributed by atoms with Crippen LogP contribution in [0, 0.1) is 12.5 Å². The summed E-state index contributed by atoms with van der Waals surface area (Å²) in [5.41, 5.74) is 1.41. The Morgan fingerprint density at radius 2 is 2.12 bits per heavy atom. The summed E-state index contributed by atoms with van der Waals surface area (Å²) in [4.78, 5) is 3.68. The summed E-state index contributed by atoms with van der Waals surface area (Å²) in [6, 6.07) is 11.1. The van der Waals surface area contributed by atoms with Crippen LogP contribution in [0.1, 0.15) is 31.7 Å². The molecule has 0 saturated carbocycles. The third-order valence-corrected chi connectivity index (χ3v) is 3.58. The molecule has 17 heavy (non-hydrogen) atoms. The molecule has 1 N–H and O–H groups in total. The largest absolute Gasteiger partial charge is 0.296 e. The molecule has 0 amide bonds. The zero-order valence-electron chi connectivity index (χ0n) is 10.4. The van der Waals surface area contributed by atoms with Gasteiger partial charge >= 0.3 is 0 Å². The van der Waals surface area contributed by atoms with Gasteiger partial charge in [0, 0.05) is 6.04 Å². The van der Waals surface area contributed by atoms with Crippen molar-refractivity contribution in [3.8, 4) is 0 Å². The van der Waals surface area contributed by atoms with Crippen molar-refractivity contribution in [2.24, 2.45) is 5.92 Å². The standard InChI is InChI=1S/C15H20N2/c1-12-11-14(15(16-2)17-12)10-6-9-13-7-4-3-5-8-13/h3-5,7-8,12,14-15,17H,6,9-11H2,1H3/t12-,14-,15?/m1/s1. The summed E-state index contributed by atoms with van der Waals surface area (Å²) in [7, 11) is 0. The minimum Gasteiger partial charge on any atom is -0.296 e. The Labute approximate surface area is 104 Å². The average molecular weight is 228 g/mol. The van der Waals surface area contributed by atoms with Crippen LogP contribution in [0.3, 0.4) is 0 Å². The summed E-state index contributed by atoms with van der Waals surface area (Å²) in [6.07, 6.45) is 4.70. The molecule has 1 saturated heterocycles. The van der Waals surface area contributed by atoms with E-state index in [2.05, 4.69) is 47.4 Å². The van der Waals surface area contributed by atoms with Gasteiger partial charge in [0.1, 0.15) is 0 Å². The van der Waals surface area contributed by atoms with Gasteiger partial charge in [-0.1, -0.05) is 30.3 Å². The van der Waals surface area contributed by atoms with E-state index in [1.54, 1.807) is 0 Å². The van der Waals surface area contributed by atoms with E-state index in [1.165, 1.54) is 18.4 Å². The highest BCUT2D eigenvalue weighted by atomic mass is 15.1. The molecular weight excluding hydrogens is 208 g/mol. The molecule has 1 aliphatic heterocycles. The predicted molar refractivity (Wildman–Crippen MR) is 70.5 cm³/mol. The highest BCUT2D eigenvalue weighted by Crippen LogP contribution is 2.26. The Bertz CT molecular complexity index is 380. The van der Waals surface area contributed by atoms with Crippen molar-refractivity contribution in [3.63, 3.8) is 0 Å². The van der Waals surface area contributed by atoms with Gasteiger partial charge in [-0.2, -0.15) is 0 Å². The smallest absolute Gasteiger partial charge is 0.280 e. The van der Waals surface area contributed by atoms with Gasteiger partial charge in [-0.3, -0.25) is 4.85 Å². The maximum Gasteiger partial charge on any atom is 0.280 e. The lowest BCUT2D eigenvalue weighted by atomic mass is 9.95. The molecule has 0 aromatic heterocycles. The van der Waals surface area contributed by atoms with Crippen LogP contribution in [0.5, 0.6) is 0 Å². The highest BCUT2D eigenvalue weighted by molar-refractivity contribution is 5.14. The summed E-state index contributed by atoms with van der Waals surface area (Å²) < 4.78 is 0. The van der Waals surface area contributed by atoms with Crippen LogP contribution in [0.15, 0.2) is 30.3 Å². The lowest BCUT2D eigenvalue weighted by Gasteiger charge is -2.09. The molecular formula is C15H20N2. The zero-order chi connectivity index (χ0) is 12.1. The van der Waals surface area contributed by atoms with E-state index < -0.39 is 0 Å². The molecule has 1 aromatic carbocycles. The minimum absolute atomic E-state index is 0.0563. The van der Waals surface area contributed by atoms with Crippen molar-refractivity contribution in [2.75, 3.05) is 0 Å². The SMILES string of the molecule is [C-]#[N+]C1N[C@H](C)C[C@H]1CCCc1ccccc1. The van der Waals surface area contributed by atoms with Gasteiger partial charge in [-0.25, -0.2) is 11.9 Å². The minimum atomic E-state index is 0.0563. The number of aryl methyl sites for hydroxylation is 1. The molecule has 3 atom stereocenters. The maximum atomic E-state index is 7.18. The molecule has 1 unspecified atom stereocenters. The van der Waals surface area contributed by atoms with E-state index in [1.807, 2.05) is 0 Å². The fraction of sp³-hybridized carbons (Fsp3) is 0.533.